The highest BCUT2D eigenvalue weighted by Crippen LogP contribution is 2.22. The summed E-state index contributed by atoms with van der Waals surface area (Å²) in [6, 6.07) is 0.424. The van der Waals surface area contributed by atoms with Gasteiger partial charge in [0.2, 0.25) is 0 Å². The summed E-state index contributed by atoms with van der Waals surface area (Å²) < 4.78 is 0. The van der Waals surface area contributed by atoms with Gasteiger partial charge in [0.05, 0.1) is 0 Å². The minimum absolute atomic E-state index is 0.0926. The molecular weight excluding hydrogens is 300 g/mol. The first-order chi connectivity index (χ1) is 11.0. The minimum Gasteiger partial charge on any atom is -0.480 e. The third-order valence-corrected chi connectivity index (χ3v) is 4.53. The maximum atomic E-state index is 12.7. The number of nitrogens with zero attached hydrogens (tertiary/aromatic N) is 1. The van der Waals surface area contributed by atoms with Gasteiger partial charge in [-0.3, -0.25) is 14.4 Å². The van der Waals surface area contributed by atoms with E-state index in [1.807, 2.05) is 0 Å². The molecule has 0 saturated carbocycles. The molecule has 1 aromatic rings. The number of Topliss-reactive ketones (excluding diaryl/α,β-unsaturated/α-hetero) is 1. The van der Waals surface area contributed by atoms with Crippen LogP contribution >= 0.6 is 0 Å². The largest absolute Gasteiger partial charge is 0.480 e. The van der Waals surface area contributed by atoms with E-state index in [9.17, 15) is 24.3 Å². The molecule has 1 aromatic heterocycles. The molecule has 0 spiro atoms. The van der Waals surface area contributed by atoms with E-state index in [1.165, 1.54) is 11.0 Å². The first-order valence-electron chi connectivity index (χ1n) is 7.82. The monoisotopic (exact) mass is 318 g/mol. The SMILES string of the molecule is O=C1CCCc2[nH]c(=O)c(C(=O)N3CCCCC3C(=O)O)cc21. The van der Waals surface area contributed by atoms with Crippen LogP contribution in [0.15, 0.2) is 10.9 Å². The van der Waals surface area contributed by atoms with Crippen LogP contribution in [-0.2, 0) is 11.2 Å². The van der Waals surface area contributed by atoms with Crippen LogP contribution in [0.5, 0.6) is 0 Å². The van der Waals surface area contributed by atoms with Crippen molar-refractivity contribution >= 4 is 17.7 Å². The first kappa shape index (κ1) is 15.5. The Balaban J connectivity index is 1.99. The van der Waals surface area contributed by atoms with Crippen LogP contribution in [0.3, 0.4) is 0 Å². The number of fused-ring (bicyclic) bond motifs is 1. The van der Waals surface area contributed by atoms with Gasteiger partial charge in [0.1, 0.15) is 11.6 Å². The van der Waals surface area contributed by atoms with Gasteiger partial charge in [-0.05, 0) is 38.2 Å². The summed E-state index contributed by atoms with van der Waals surface area (Å²) in [5.41, 5.74) is 0.240. The number of aromatic amines is 1. The Morgan fingerprint density at radius 3 is 2.70 bits per heavy atom. The minimum atomic E-state index is -1.07. The third kappa shape index (κ3) is 2.78. The molecule has 122 valence electrons. The van der Waals surface area contributed by atoms with Gasteiger partial charge < -0.3 is 15.0 Å². The lowest BCUT2D eigenvalue weighted by Gasteiger charge is -2.32. The average molecular weight is 318 g/mol. The lowest BCUT2D eigenvalue weighted by molar-refractivity contribution is -0.143. The van der Waals surface area contributed by atoms with E-state index < -0.39 is 23.5 Å². The summed E-state index contributed by atoms with van der Waals surface area (Å²) in [4.78, 5) is 52.0. The maximum Gasteiger partial charge on any atom is 0.326 e. The van der Waals surface area contributed by atoms with E-state index >= 15 is 0 Å². The highest BCUT2D eigenvalue weighted by molar-refractivity contribution is 6.02. The number of ketones is 1. The van der Waals surface area contributed by atoms with Gasteiger partial charge in [-0.25, -0.2) is 4.79 Å². The van der Waals surface area contributed by atoms with Crippen molar-refractivity contribution in [2.24, 2.45) is 0 Å². The van der Waals surface area contributed by atoms with Gasteiger partial charge in [-0.15, -0.1) is 0 Å². The van der Waals surface area contributed by atoms with Crippen molar-refractivity contribution in [3.63, 3.8) is 0 Å². The van der Waals surface area contributed by atoms with Crippen LogP contribution in [0.1, 0.15) is 58.5 Å². The highest BCUT2D eigenvalue weighted by atomic mass is 16.4. The Bertz CT molecular complexity index is 736. The second kappa shape index (κ2) is 5.98. The van der Waals surface area contributed by atoms with Crippen LogP contribution in [-0.4, -0.2) is 45.2 Å². The van der Waals surface area contributed by atoms with E-state index in [0.29, 0.717) is 49.9 Å². The van der Waals surface area contributed by atoms with Gasteiger partial charge in [-0.2, -0.15) is 0 Å². The number of hydrogen-bond acceptors (Lipinski definition) is 4. The zero-order chi connectivity index (χ0) is 16.6. The quantitative estimate of drug-likeness (QED) is 0.845. The molecule has 0 radical (unpaired) electrons. The van der Waals surface area contributed by atoms with Crippen molar-refractivity contribution < 1.29 is 19.5 Å². The normalized spacial score (nSPS) is 21.0. The van der Waals surface area contributed by atoms with Crippen molar-refractivity contribution in [2.75, 3.05) is 6.54 Å². The number of amides is 1. The van der Waals surface area contributed by atoms with Crippen molar-refractivity contribution in [1.29, 1.82) is 0 Å². The number of aromatic nitrogens is 1. The lowest BCUT2D eigenvalue weighted by Crippen LogP contribution is -2.49. The summed E-state index contributed by atoms with van der Waals surface area (Å²) in [6.45, 7) is 0.306. The molecule has 3 rings (SSSR count). The van der Waals surface area contributed by atoms with Crippen molar-refractivity contribution in [1.82, 2.24) is 9.88 Å². The zero-order valence-electron chi connectivity index (χ0n) is 12.6. The number of H-pyrrole nitrogens is 1. The highest BCUT2D eigenvalue weighted by Gasteiger charge is 2.34. The molecule has 1 atom stereocenters. The number of aliphatic carboxylic acids is 1. The predicted molar refractivity (Wildman–Crippen MR) is 80.6 cm³/mol. The number of carbonyl (C=O) groups is 3. The Morgan fingerprint density at radius 1 is 1.17 bits per heavy atom. The Morgan fingerprint density at radius 2 is 1.96 bits per heavy atom. The van der Waals surface area contributed by atoms with Crippen molar-refractivity contribution in [3.8, 4) is 0 Å². The van der Waals surface area contributed by atoms with E-state index in [-0.39, 0.29) is 11.3 Å². The number of nitrogens with one attached hydrogen (secondary N) is 1. The lowest BCUT2D eigenvalue weighted by atomic mass is 9.93. The number of hydrogen-bond donors (Lipinski definition) is 2. The van der Waals surface area contributed by atoms with Crippen molar-refractivity contribution in [2.45, 2.75) is 44.6 Å². The number of pyridine rings is 1. The smallest absolute Gasteiger partial charge is 0.326 e. The molecule has 2 heterocycles. The van der Waals surface area contributed by atoms with Gasteiger partial charge in [0, 0.05) is 24.2 Å². The molecule has 23 heavy (non-hydrogen) atoms. The summed E-state index contributed by atoms with van der Waals surface area (Å²) in [5.74, 6) is -1.77. The molecule has 1 aliphatic heterocycles. The van der Waals surface area contributed by atoms with Crippen LogP contribution in [0.25, 0.3) is 0 Å². The molecule has 2 N–H and O–H groups in total. The molecular formula is C16H18N2O5. The van der Waals surface area contributed by atoms with Gasteiger partial charge in [0.15, 0.2) is 5.78 Å². The molecule has 1 unspecified atom stereocenters. The van der Waals surface area contributed by atoms with Crippen LogP contribution in [0.2, 0.25) is 0 Å². The van der Waals surface area contributed by atoms with E-state index in [2.05, 4.69) is 4.98 Å². The Hall–Kier alpha value is -2.44. The van der Waals surface area contributed by atoms with Gasteiger partial charge in [0.25, 0.3) is 11.5 Å². The maximum absolute atomic E-state index is 12.7. The predicted octanol–water partition coefficient (Wildman–Crippen LogP) is 0.973. The second-order valence-electron chi connectivity index (χ2n) is 6.03. The Kier molecular flexibility index (Phi) is 4.02. The molecule has 1 saturated heterocycles. The topological polar surface area (TPSA) is 108 Å². The number of carboxylic acid groups (broad SMARTS) is 1. The van der Waals surface area contributed by atoms with Crippen LogP contribution in [0.4, 0.5) is 0 Å². The number of carboxylic acids is 1. The van der Waals surface area contributed by atoms with Gasteiger partial charge >= 0.3 is 5.97 Å². The number of piperidine rings is 1. The van der Waals surface area contributed by atoms with Crippen molar-refractivity contribution in [3.05, 3.63) is 33.2 Å². The van der Waals surface area contributed by atoms with Crippen LogP contribution in [0, 0.1) is 0 Å². The number of aryl methyl sites for hydroxylation is 1. The van der Waals surface area contributed by atoms with Crippen LogP contribution < -0.4 is 5.56 Å². The number of carbonyl (C=O) groups excluding carboxylic acids is 2. The van der Waals surface area contributed by atoms with E-state index in [1.54, 1.807) is 0 Å². The molecule has 0 bridgehead atoms. The summed E-state index contributed by atoms with van der Waals surface area (Å²) in [5, 5.41) is 9.27. The molecule has 1 amide bonds. The fourth-order valence-corrected chi connectivity index (χ4v) is 3.32. The number of rotatable bonds is 2. The molecule has 0 aromatic carbocycles. The molecule has 1 aliphatic carbocycles. The van der Waals surface area contributed by atoms with E-state index in [4.69, 9.17) is 0 Å². The summed E-state index contributed by atoms with van der Waals surface area (Å²) >= 11 is 0. The molecule has 2 aliphatic rings. The average Bonchev–Trinajstić information content (AvgIpc) is 2.54. The fourth-order valence-electron chi connectivity index (χ4n) is 3.32. The van der Waals surface area contributed by atoms with Gasteiger partial charge in [-0.1, -0.05) is 0 Å². The van der Waals surface area contributed by atoms with E-state index in [0.717, 1.165) is 6.42 Å². The zero-order valence-corrected chi connectivity index (χ0v) is 12.6. The molecule has 7 heteroatoms. The first-order valence-corrected chi connectivity index (χ1v) is 7.82. The molecule has 1 fully saturated rings. The Labute approximate surface area is 132 Å². The number of likely N-dealkylation sites (tertiary alicyclic amines) is 1. The third-order valence-electron chi connectivity index (χ3n) is 4.53. The summed E-state index contributed by atoms with van der Waals surface area (Å²) in [7, 11) is 0. The standard InChI is InChI=1S/C16H18N2O5/c19-13-6-3-4-11-9(13)8-10(14(20)17-11)15(21)18-7-2-1-5-12(18)16(22)23/h8,12H,1-7H2,(H,17,20)(H,22,23). The fraction of sp³-hybridized carbons (Fsp3) is 0.500. The molecule has 7 nitrogen and oxygen atoms in total. The second-order valence-corrected chi connectivity index (χ2v) is 6.03. The summed E-state index contributed by atoms with van der Waals surface area (Å²) in [6.07, 6.45) is 3.50.